The minimum Gasteiger partial charge on any atom is -0.480 e. The predicted octanol–water partition coefficient (Wildman–Crippen LogP) is 2.26. The molecular weight excluding hydrogens is 418 g/mol. The number of urea groups is 1. The number of hydrogen-bond acceptors (Lipinski definition) is 5. The Labute approximate surface area is 186 Å². The zero-order valence-electron chi connectivity index (χ0n) is 17.7. The molecule has 0 aromatic heterocycles. The second kappa shape index (κ2) is 10.7. The van der Waals surface area contributed by atoms with Crippen LogP contribution in [-0.2, 0) is 27.3 Å². The number of amides is 4. The third-order valence-corrected chi connectivity index (χ3v) is 6.45. The summed E-state index contributed by atoms with van der Waals surface area (Å²) in [6.45, 7) is 0.803. The Hall–Kier alpha value is -2.55. The summed E-state index contributed by atoms with van der Waals surface area (Å²) in [4.78, 5) is 51.7. The smallest absolute Gasteiger partial charge is 0.327 e. The number of rotatable bonds is 11. The summed E-state index contributed by atoms with van der Waals surface area (Å²) in [5.41, 5.74) is 2.21. The predicted molar refractivity (Wildman–Crippen MR) is 118 cm³/mol. The average Bonchev–Trinajstić information content (AvgIpc) is 2.98. The molecule has 0 radical (unpaired) electrons. The first-order valence-corrected chi connectivity index (χ1v) is 12.0. The van der Waals surface area contributed by atoms with Crippen molar-refractivity contribution in [2.45, 2.75) is 57.2 Å². The molecule has 2 atom stereocenters. The molecule has 0 saturated carbocycles. The molecule has 9 heteroatoms. The first-order valence-electron chi connectivity index (χ1n) is 10.6. The number of thioether (sulfide) groups is 1. The lowest BCUT2D eigenvalue weighted by Crippen LogP contribution is -2.41. The fraction of sp³-hybridized carbons (Fsp3) is 0.545. The summed E-state index contributed by atoms with van der Waals surface area (Å²) in [5.74, 6) is -0.780. The van der Waals surface area contributed by atoms with Crippen molar-refractivity contribution in [3.8, 4) is 0 Å². The van der Waals surface area contributed by atoms with Crippen LogP contribution in [0.15, 0.2) is 24.3 Å². The highest BCUT2D eigenvalue weighted by molar-refractivity contribution is 7.98. The van der Waals surface area contributed by atoms with E-state index in [2.05, 4.69) is 5.32 Å². The number of nitrogens with one attached hydrogen (secondary N) is 1. The van der Waals surface area contributed by atoms with Crippen molar-refractivity contribution >= 4 is 35.6 Å². The average molecular weight is 448 g/mol. The Morgan fingerprint density at radius 3 is 2.65 bits per heavy atom. The van der Waals surface area contributed by atoms with Crippen LogP contribution in [0.2, 0.25) is 0 Å². The van der Waals surface area contributed by atoms with E-state index in [-0.39, 0.29) is 24.3 Å². The second-order valence-electron chi connectivity index (χ2n) is 7.94. The summed E-state index contributed by atoms with van der Waals surface area (Å²) >= 11 is 1.54. The molecule has 2 aliphatic heterocycles. The van der Waals surface area contributed by atoms with Gasteiger partial charge in [-0.25, -0.2) is 9.59 Å². The van der Waals surface area contributed by atoms with Gasteiger partial charge in [0.1, 0.15) is 12.1 Å². The molecular formula is C22H29N3O5S. The maximum absolute atomic E-state index is 12.7. The SMILES string of the molecule is CSCC[C@@H](NC(=O)CCCCCN1C(=O)[C@@H]2Cc3ccccc3CN2C1=O)C(=O)O. The van der Waals surface area contributed by atoms with Gasteiger partial charge in [-0.3, -0.25) is 14.5 Å². The van der Waals surface area contributed by atoms with Crippen LogP contribution >= 0.6 is 11.8 Å². The topological polar surface area (TPSA) is 107 Å². The molecule has 1 aromatic carbocycles. The van der Waals surface area contributed by atoms with Crippen LogP contribution in [0.5, 0.6) is 0 Å². The number of hydrogen-bond donors (Lipinski definition) is 2. The molecule has 2 heterocycles. The highest BCUT2D eigenvalue weighted by Crippen LogP contribution is 2.30. The van der Waals surface area contributed by atoms with E-state index in [1.807, 2.05) is 30.5 Å². The fourth-order valence-corrected chi connectivity index (χ4v) is 4.54. The van der Waals surface area contributed by atoms with E-state index in [9.17, 15) is 24.3 Å². The van der Waals surface area contributed by atoms with Gasteiger partial charge in [0.2, 0.25) is 5.91 Å². The van der Waals surface area contributed by atoms with Crippen molar-refractivity contribution in [2.24, 2.45) is 0 Å². The lowest BCUT2D eigenvalue weighted by atomic mass is 9.95. The van der Waals surface area contributed by atoms with E-state index in [1.165, 1.54) is 16.7 Å². The minimum absolute atomic E-state index is 0.143. The summed E-state index contributed by atoms with van der Waals surface area (Å²) in [6.07, 6.45) is 4.94. The number of carboxylic acid groups (broad SMARTS) is 1. The molecule has 31 heavy (non-hydrogen) atoms. The van der Waals surface area contributed by atoms with Crippen LogP contribution < -0.4 is 5.32 Å². The maximum Gasteiger partial charge on any atom is 0.327 e. The second-order valence-corrected chi connectivity index (χ2v) is 8.93. The molecule has 1 aromatic rings. The van der Waals surface area contributed by atoms with Crippen molar-refractivity contribution in [3.05, 3.63) is 35.4 Å². The van der Waals surface area contributed by atoms with Crippen molar-refractivity contribution in [1.82, 2.24) is 15.1 Å². The normalized spacial score (nSPS) is 18.5. The van der Waals surface area contributed by atoms with Gasteiger partial charge < -0.3 is 15.3 Å². The molecule has 0 spiro atoms. The zero-order valence-corrected chi connectivity index (χ0v) is 18.5. The lowest BCUT2D eigenvalue weighted by Gasteiger charge is -2.28. The lowest BCUT2D eigenvalue weighted by molar-refractivity contribution is -0.141. The first-order chi connectivity index (χ1) is 14.9. The number of carbonyl (C=O) groups is 4. The number of carbonyl (C=O) groups excluding carboxylic acids is 3. The molecule has 2 aliphatic rings. The number of aliphatic carboxylic acids is 1. The molecule has 0 aliphatic carbocycles. The molecule has 0 unspecified atom stereocenters. The van der Waals surface area contributed by atoms with Gasteiger partial charge in [0.05, 0.1) is 0 Å². The summed E-state index contributed by atoms with van der Waals surface area (Å²) in [7, 11) is 0. The molecule has 1 saturated heterocycles. The largest absolute Gasteiger partial charge is 0.480 e. The van der Waals surface area contributed by atoms with Gasteiger partial charge in [-0.1, -0.05) is 30.7 Å². The van der Waals surface area contributed by atoms with E-state index in [0.717, 1.165) is 11.1 Å². The highest BCUT2D eigenvalue weighted by Gasteiger charge is 2.46. The third kappa shape index (κ3) is 5.58. The van der Waals surface area contributed by atoms with Gasteiger partial charge in [0.15, 0.2) is 0 Å². The van der Waals surface area contributed by atoms with E-state index in [4.69, 9.17) is 0 Å². The molecule has 4 amide bonds. The minimum atomic E-state index is -1.02. The van der Waals surface area contributed by atoms with Gasteiger partial charge in [0.25, 0.3) is 5.91 Å². The van der Waals surface area contributed by atoms with Crippen LogP contribution in [0.25, 0.3) is 0 Å². The third-order valence-electron chi connectivity index (χ3n) is 5.81. The Morgan fingerprint density at radius 1 is 1.19 bits per heavy atom. The fourth-order valence-electron chi connectivity index (χ4n) is 4.07. The summed E-state index contributed by atoms with van der Waals surface area (Å²) < 4.78 is 0. The van der Waals surface area contributed by atoms with E-state index >= 15 is 0 Å². The quantitative estimate of drug-likeness (QED) is 0.398. The van der Waals surface area contributed by atoms with Crippen LogP contribution in [0.1, 0.15) is 43.2 Å². The molecule has 3 rings (SSSR count). The van der Waals surface area contributed by atoms with E-state index in [0.29, 0.717) is 50.9 Å². The number of unbranched alkanes of at least 4 members (excludes halogenated alkanes) is 2. The summed E-state index contributed by atoms with van der Waals surface area (Å²) in [6, 6.07) is 6.38. The van der Waals surface area contributed by atoms with Gasteiger partial charge in [0, 0.05) is 25.9 Å². The number of nitrogens with zero attached hydrogens (tertiary/aromatic N) is 2. The van der Waals surface area contributed by atoms with Crippen molar-refractivity contribution in [3.63, 3.8) is 0 Å². The molecule has 8 nitrogen and oxygen atoms in total. The van der Waals surface area contributed by atoms with Gasteiger partial charge in [-0.2, -0.15) is 11.8 Å². The van der Waals surface area contributed by atoms with Crippen molar-refractivity contribution in [1.29, 1.82) is 0 Å². The number of fused-ring (bicyclic) bond motifs is 2. The van der Waals surface area contributed by atoms with Crippen LogP contribution in [0, 0.1) is 0 Å². The van der Waals surface area contributed by atoms with Crippen LogP contribution in [-0.4, -0.2) is 69.4 Å². The maximum atomic E-state index is 12.7. The standard InChI is InChI=1S/C22H29N3O5S/c1-31-12-10-17(21(28)29)23-19(26)9-3-2-6-11-24-20(27)18-13-15-7-4-5-8-16(15)14-25(18)22(24)30/h4-5,7-8,17-18H,2-3,6,9-14H2,1H3,(H,23,26)(H,28,29)/t17-,18+/m1/s1. The Morgan fingerprint density at radius 2 is 1.94 bits per heavy atom. The monoisotopic (exact) mass is 447 g/mol. The molecule has 2 N–H and O–H groups in total. The van der Waals surface area contributed by atoms with Crippen LogP contribution in [0.3, 0.4) is 0 Å². The van der Waals surface area contributed by atoms with Gasteiger partial charge in [-0.05, 0) is 42.4 Å². The van der Waals surface area contributed by atoms with Crippen LogP contribution in [0.4, 0.5) is 4.79 Å². The zero-order chi connectivity index (χ0) is 22.4. The first kappa shape index (κ1) is 23.1. The molecule has 1 fully saturated rings. The van der Waals surface area contributed by atoms with E-state index in [1.54, 1.807) is 4.90 Å². The van der Waals surface area contributed by atoms with Gasteiger partial charge in [-0.15, -0.1) is 0 Å². The number of carboxylic acids is 1. The molecule has 168 valence electrons. The molecule has 0 bridgehead atoms. The summed E-state index contributed by atoms with van der Waals surface area (Å²) in [5, 5.41) is 11.7. The van der Waals surface area contributed by atoms with Gasteiger partial charge >= 0.3 is 12.0 Å². The number of imide groups is 1. The van der Waals surface area contributed by atoms with Crippen molar-refractivity contribution < 1.29 is 24.3 Å². The number of benzene rings is 1. The van der Waals surface area contributed by atoms with E-state index < -0.39 is 18.1 Å². The Balaban J connectivity index is 1.40. The Bertz CT molecular complexity index is 803. The highest BCUT2D eigenvalue weighted by atomic mass is 32.2. The Kier molecular flexibility index (Phi) is 7.95. The van der Waals surface area contributed by atoms with Crippen molar-refractivity contribution in [2.75, 3.05) is 18.6 Å².